The van der Waals surface area contributed by atoms with Crippen LogP contribution in [0.3, 0.4) is 0 Å². The molecule has 0 N–H and O–H groups in total. The molecule has 2 aromatic carbocycles. The lowest BCUT2D eigenvalue weighted by Gasteiger charge is -2.06. The van der Waals surface area contributed by atoms with Crippen LogP contribution in [0.2, 0.25) is 0 Å². The van der Waals surface area contributed by atoms with Crippen molar-refractivity contribution >= 4 is 45.4 Å². The van der Waals surface area contributed by atoms with Gasteiger partial charge in [0.15, 0.2) is 0 Å². The minimum atomic E-state index is -0.681. The molecule has 0 saturated heterocycles. The van der Waals surface area contributed by atoms with Crippen LogP contribution in [0.5, 0.6) is 5.75 Å². The van der Waals surface area contributed by atoms with E-state index in [2.05, 4.69) is 15.9 Å². The number of nitro groups is 1. The Bertz CT molecular complexity index is 1050. The quantitative estimate of drug-likeness (QED) is 0.225. The largest absolute Gasteiger partial charge is 0.422 e. The Hall–Kier alpha value is -3.26. The van der Waals surface area contributed by atoms with Crippen LogP contribution in [-0.4, -0.2) is 16.9 Å². The maximum absolute atomic E-state index is 12.2. The van der Waals surface area contributed by atoms with Gasteiger partial charge in [-0.15, -0.1) is 0 Å². The zero-order valence-electron chi connectivity index (χ0n) is 14.9. The van der Waals surface area contributed by atoms with Gasteiger partial charge in [-0.05, 0) is 46.6 Å². The van der Waals surface area contributed by atoms with Crippen molar-refractivity contribution in [3.63, 3.8) is 0 Å². The molecule has 0 amide bonds. The van der Waals surface area contributed by atoms with Crippen molar-refractivity contribution in [1.29, 1.82) is 0 Å². The fourth-order valence-corrected chi connectivity index (χ4v) is 3.14. The van der Waals surface area contributed by atoms with Gasteiger partial charge < -0.3 is 9.47 Å². The molecule has 0 radical (unpaired) electrons. The molecule has 8 heteroatoms. The summed E-state index contributed by atoms with van der Waals surface area (Å²) >= 11 is 3.17. The normalized spacial score (nSPS) is 14.6. The van der Waals surface area contributed by atoms with Crippen molar-refractivity contribution < 1.29 is 24.0 Å². The number of rotatable bonds is 4. The summed E-state index contributed by atoms with van der Waals surface area (Å²) in [6, 6.07) is 10.2. The molecule has 3 rings (SSSR count). The predicted molar refractivity (Wildman–Crippen MR) is 105 cm³/mol. The third-order valence-corrected chi connectivity index (χ3v) is 4.46. The molecule has 0 unspecified atom stereocenters. The van der Waals surface area contributed by atoms with Gasteiger partial charge in [0.1, 0.15) is 5.76 Å². The van der Waals surface area contributed by atoms with Crippen molar-refractivity contribution in [2.45, 2.75) is 13.8 Å². The molecule has 0 spiro atoms. The number of aryl methyl sites for hydroxylation is 1. The molecule has 28 heavy (non-hydrogen) atoms. The van der Waals surface area contributed by atoms with E-state index in [1.54, 1.807) is 6.08 Å². The van der Waals surface area contributed by atoms with Crippen molar-refractivity contribution in [3.05, 3.63) is 79.3 Å². The zero-order chi connectivity index (χ0) is 20.4. The summed E-state index contributed by atoms with van der Waals surface area (Å²) in [5.41, 5.74) is 2.06. The summed E-state index contributed by atoms with van der Waals surface area (Å²) in [5, 5.41) is 11.3. The third kappa shape index (κ3) is 4.17. The van der Waals surface area contributed by atoms with Crippen LogP contribution in [0.25, 0.3) is 11.8 Å². The molecule has 7 nitrogen and oxygen atoms in total. The highest BCUT2D eigenvalue weighted by molar-refractivity contribution is 9.10. The van der Waals surface area contributed by atoms with Crippen LogP contribution in [-0.2, 0) is 14.3 Å². The van der Waals surface area contributed by atoms with E-state index in [9.17, 15) is 19.7 Å². The average Bonchev–Trinajstić information content (AvgIpc) is 2.97. The molecule has 142 valence electrons. The minimum absolute atomic E-state index is 0.190. The topological polar surface area (TPSA) is 95.7 Å². The van der Waals surface area contributed by atoms with Gasteiger partial charge in [-0.1, -0.05) is 29.8 Å². The first-order valence-electron chi connectivity index (χ1n) is 8.13. The van der Waals surface area contributed by atoms with Crippen LogP contribution in [0.4, 0.5) is 5.69 Å². The van der Waals surface area contributed by atoms with Gasteiger partial charge in [-0.25, -0.2) is 4.79 Å². The second kappa shape index (κ2) is 7.77. The average molecular weight is 444 g/mol. The Morgan fingerprint density at radius 1 is 1.25 bits per heavy atom. The summed E-state index contributed by atoms with van der Waals surface area (Å²) in [5.74, 6) is -1.02. The number of nitrogens with zero attached hydrogens (tertiary/aromatic N) is 1. The Morgan fingerprint density at radius 2 is 1.93 bits per heavy atom. The van der Waals surface area contributed by atoms with E-state index in [0.717, 1.165) is 18.1 Å². The van der Waals surface area contributed by atoms with E-state index in [0.29, 0.717) is 11.3 Å². The molecule has 0 aliphatic carbocycles. The van der Waals surface area contributed by atoms with E-state index < -0.39 is 22.5 Å². The number of carbonyl (C=O) groups excluding carboxylic acids is 2. The highest BCUT2D eigenvalue weighted by atomic mass is 79.9. The number of esters is 2. The summed E-state index contributed by atoms with van der Waals surface area (Å²) in [6.07, 6.45) is 3.05. The molecule has 0 saturated carbocycles. The molecular weight excluding hydrogens is 430 g/mol. The second-order valence-electron chi connectivity index (χ2n) is 6.07. The highest BCUT2D eigenvalue weighted by Crippen LogP contribution is 2.38. The maximum Gasteiger partial charge on any atom is 0.343 e. The SMILES string of the molecule is CC(=O)Oc1c(Br)cc(C=C2C=C(c3ccc(C)cc3)OC2=O)cc1[N+](=O)[O-]. The Morgan fingerprint density at radius 3 is 2.54 bits per heavy atom. The lowest BCUT2D eigenvalue weighted by Crippen LogP contribution is -2.05. The number of hydrogen-bond acceptors (Lipinski definition) is 6. The molecule has 2 aromatic rings. The fourth-order valence-electron chi connectivity index (χ4n) is 2.59. The predicted octanol–water partition coefficient (Wildman–Crippen LogP) is 4.57. The van der Waals surface area contributed by atoms with Crippen molar-refractivity contribution in [2.75, 3.05) is 0 Å². The second-order valence-corrected chi connectivity index (χ2v) is 6.92. The van der Waals surface area contributed by atoms with Crippen LogP contribution < -0.4 is 4.74 Å². The first-order valence-corrected chi connectivity index (χ1v) is 8.93. The van der Waals surface area contributed by atoms with E-state index in [1.165, 1.54) is 18.2 Å². The number of ether oxygens (including phenoxy) is 2. The molecule has 0 fully saturated rings. The van der Waals surface area contributed by atoms with E-state index in [4.69, 9.17) is 9.47 Å². The van der Waals surface area contributed by atoms with Gasteiger partial charge in [-0.3, -0.25) is 14.9 Å². The van der Waals surface area contributed by atoms with Gasteiger partial charge in [0, 0.05) is 18.6 Å². The van der Waals surface area contributed by atoms with E-state index in [1.807, 2.05) is 31.2 Å². The standard InChI is InChI=1S/C20H14BrNO6/c1-11-3-5-14(6-4-11)18-10-15(20(24)28-18)7-13-8-16(21)19(27-12(2)23)17(9-13)22(25)26/h3-10H,1-2H3. The fraction of sp³-hybridized carbons (Fsp3) is 0.100. The van der Waals surface area contributed by atoms with E-state index in [-0.39, 0.29) is 15.8 Å². The Labute approximate surface area is 168 Å². The molecule has 0 aromatic heterocycles. The molecule has 0 atom stereocenters. The molecule has 1 aliphatic heterocycles. The molecular formula is C20H14BrNO6. The molecule has 0 bridgehead atoms. The van der Waals surface area contributed by atoms with Crippen LogP contribution in [0, 0.1) is 17.0 Å². The van der Waals surface area contributed by atoms with Crippen molar-refractivity contribution in [1.82, 2.24) is 0 Å². The van der Waals surface area contributed by atoms with Crippen molar-refractivity contribution in [2.24, 2.45) is 0 Å². The number of halogens is 1. The number of benzene rings is 2. The Kier molecular flexibility index (Phi) is 5.41. The Balaban J connectivity index is 2.00. The van der Waals surface area contributed by atoms with Gasteiger partial charge in [-0.2, -0.15) is 0 Å². The smallest absolute Gasteiger partial charge is 0.343 e. The first-order chi connectivity index (χ1) is 13.2. The molecule has 1 heterocycles. The van der Waals surface area contributed by atoms with Crippen LogP contribution in [0.15, 0.2) is 52.5 Å². The number of cyclic esters (lactones) is 1. The van der Waals surface area contributed by atoms with Gasteiger partial charge >= 0.3 is 17.6 Å². The zero-order valence-corrected chi connectivity index (χ0v) is 16.5. The number of carbonyl (C=O) groups is 2. The summed E-state index contributed by atoms with van der Waals surface area (Å²) in [7, 11) is 0. The van der Waals surface area contributed by atoms with Gasteiger partial charge in [0.25, 0.3) is 0 Å². The number of hydrogen-bond donors (Lipinski definition) is 0. The lowest BCUT2D eigenvalue weighted by atomic mass is 10.1. The van der Waals surface area contributed by atoms with E-state index >= 15 is 0 Å². The number of nitro benzene ring substituents is 1. The third-order valence-electron chi connectivity index (χ3n) is 3.87. The lowest BCUT2D eigenvalue weighted by molar-refractivity contribution is -0.385. The summed E-state index contributed by atoms with van der Waals surface area (Å²) < 4.78 is 10.4. The van der Waals surface area contributed by atoms with Crippen LogP contribution in [0.1, 0.15) is 23.6 Å². The summed E-state index contributed by atoms with van der Waals surface area (Å²) in [6.45, 7) is 3.10. The van der Waals surface area contributed by atoms with Crippen LogP contribution >= 0.6 is 15.9 Å². The minimum Gasteiger partial charge on any atom is -0.422 e. The summed E-state index contributed by atoms with van der Waals surface area (Å²) in [4.78, 5) is 34.1. The molecule has 1 aliphatic rings. The highest BCUT2D eigenvalue weighted by Gasteiger charge is 2.24. The monoisotopic (exact) mass is 443 g/mol. The maximum atomic E-state index is 12.2. The van der Waals surface area contributed by atoms with Gasteiger partial charge in [0.2, 0.25) is 5.75 Å². The van der Waals surface area contributed by atoms with Gasteiger partial charge in [0.05, 0.1) is 15.0 Å². The van der Waals surface area contributed by atoms with Crippen molar-refractivity contribution in [3.8, 4) is 5.75 Å². The first kappa shape index (κ1) is 19.5.